The van der Waals surface area contributed by atoms with Crippen molar-refractivity contribution in [2.75, 3.05) is 4.90 Å². The molecule has 44 heavy (non-hydrogen) atoms. The third kappa shape index (κ3) is 3.98. The van der Waals surface area contributed by atoms with Crippen LogP contribution in [0.2, 0.25) is 0 Å². The summed E-state index contributed by atoms with van der Waals surface area (Å²) in [4.78, 5) is 46.6. The summed E-state index contributed by atoms with van der Waals surface area (Å²) in [5.41, 5.74) is 4.07. The SMILES string of the molecule is O=C(OC(c1ccccc1)c1ccccc1)[C@@H]1[C@@H]2C(=O)N(c3cccc4ccccc34)C(=O)[C@@H]2[C@@H]2c3ccccc3C=CN12. The Hall–Kier alpha value is -5.49. The predicted molar refractivity (Wildman–Crippen MR) is 168 cm³/mol. The van der Waals surface area contributed by atoms with E-state index in [1.54, 1.807) is 6.07 Å². The number of anilines is 1. The van der Waals surface area contributed by atoms with E-state index in [1.807, 2.05) is 139 Å². The lowest BCUT2D eigenvalue weighted by atomic mass is 9.84. The van der Waals surface area contributed by atoms with Crippen LogP contribution >= 0.6 is 0 Å². The molecule has 214 valence electrons. The van der Waals surface area contributed by atoms with Gasteiger partial charge in [0, 0.05) is 11.6 Å². The summed E-state index contributed by atoms with van der Waals surface area (Å²) in [6.45, 7) is 0. The maximum atomic E-state index is 14.5. The van der Waals surface area contributed by atoms with Gasteiger partial charge in [0.15, 0.2) is 6.10 Å². The first-order chi connectivity index (χ1) is 21.6. The van der Waals surface area contributed by atoms with Crippen LogP contribution in [0.4, 0.5) is 5.69 Å². The molecule has 5 aromatic rings. The van der Waals surface area contributed by atoms with Gasteiger partial charge in [0.05, 0.1) is 23.6 Å². The highest BCUT2D eigenvalue weighted by atomic mass is 16.5. The van der Waals surface area contributed by atoms with E-state index >= 15 is 0 Å². The van der Waals surface area contributed by atoms with Crippen molar-refractivity contribution in [3.05, 3.63) is 156 Å². The molecule has 8 rings (SSSR count). The summed E-state index contributed by atoms with van der Waals surface area (Å²) in [7, 11) is 0. The van der Waals surface area contributed by atoms with Crippen molar-refractivity contribution in [3.8, 4) is 0 Å². The quantitative estimate of drug-likeness (QED) is 0.172. The Bertz CT molecular complexity index is 1910. The smallest absolute Gasteiger partial charge is 0.330 e. The van der Waals surface area contributed by atoms with Gasteiger partial charge in [-0.05, 0) is 39.8 Å². The molecule has 2 amide bonds. The van der Waals surface area contributed by atoms with Crippen molar-refractivity contribution in [1.29, 1.82) is 0 Å². The van der Waals surface area contributed by atoms with Gasteiger partial charge in [-0.15, -0.1) is 0 Å². The number of hydrogen-bond donors (Lipinski definition) is 0. The van der Waals surface area contributed by atoms with Crippen LogP contribution in [-0.4, -0.2) is 28.7 Å². The number of esters is 1. The van der Waals surface area contributed by atoms with Crippen LogP contribution in [0.5, 0.6) is 0 Å². The average Bonchev–Trinajstić information content (AvgIpc) is 3.56. The number of fused-ring (bicyclic) bond motifs is 6. The van der Waals surface area contributed by atoms with Crippen LogP contribution < -0.4 is 4.90 Å². The molecule has 3 aliphatic heterocycles. The lowest BCUT2D eigenvalue weighted by Crippen LogP contribution is -2.45. The topological polar surface area (TPSA) is 66.9 Å². The molecule has 0 aromatic heterocycles. The third-order valence-electron chi connectivity index (χ3n) is 9.15. The Morgan fingerprint density at radius 3 is 2.02 bits per heavy atom. The first kappa shape index (κ1) is 26.2. The Kier molecular flexibility index (Phi) is 6.15. The van der Waals surface area contributed by atoms with Crippen LogP contribution in [0.25, 0.3) is 16.8 Å². The molecule has 0 N–H and O–H groups in total. The van der Waals surface area contributed by atoms with E-state index < -0.39 is 36.0 Å². The van der Waals surface area contributed by atoms with Crippen molar-refractivity contribution in [3.63, 3.8) is 0 Å². The van der Waals surface area contributed by atoms with Gasteiger partial charge in [-0.1, -0.05) is 121 Å². The van der Waals surface area contributed by atoms with Gasteiger partial charge in [-0.2, -0.15) is 0 Å². The molecule has 0 spiro atoms. The Labute approximate surface area is 254 Å². The van der Waals surface area contributed by atoms with Gasteiger partial charge in [-0.25, -0.2) is 9.69 Å². The van der Waals surface area contributed by atoms with Crippen LogP contribution in [0.1, 0.15) is 34.4 Å². The molecule has 5 aromatic carbocycles. The zero-order valence-corrected chi connectivity index (χ0v) is 23.7. The first-order valence-electron chi connectivity index (χ1n) is 14.8. The minimum absolute atomic E-state index is 0.297. The molecule has 2 saturated heterocycles. The first-order valence-corrected chi connectivity index (χ1v) is 14.8. The molecule has 6 heteroatoms. The number of imide groups is 1. The fourth-order valence-electron chi connectivity index (χ4n) is 7.24. The highest BCUT2D eigenvalue weighted by Crippen LogP contribution is 2.54. The Morgan fingerprint density at radius 2 is 1.27 bits per heavy atom. The van der Waals surface area contributed by atoms with Crippen LogP contribution in [0.15, 0.2) is 134 Å². The largest absolute Gasteiger partial charge is 0.451 e. The third-order valence-corrected chi connectivity index (χ3v) is 9.15. The minimum atomic E-state index is -0.985. The van der Waals surface area contributed by atoms with Gasteiger partial charge < -0.3 is 9.64 Å². The van der Waals surface area contributed by atoms with E-state index in [0.29, 0.717) is 5.69 Å². The summed E-state index contributed by atoms with van der Waals surface area (Å²) in [6.07, 6.45) is 3.11. The molecule has 0 bridgehead atoms. The van der Waals surface area contributed by atoms with Gasteiger partial charge in [0.25, 0.3) is 0 Å². The van der Waals surface area contributed by atoms with Gasteiger partial charge in [0.2, 0.25) is 11.8 Å². The Balaban J connectivity index is 1.24. The van der Waals surface area contributed by atoms with Crippen molar-refractivity contribution in [1.82, 2.24) is 4.90 Å². The number of benzene rings is 5. The molecule has 3 aliphatic rings. The van der Waals surface area contributed by atoms with E-state index in [9.17, 15) is 14.4 Å². The predicted octanol–water partition coefficient (Wildman–Crippen LogP) is 6.69. The summed E-state index contributed by atoms with van der Waals surface area (Å²) in [5.74, 6) is -2.88. The van der Waals surface area contributed by atoms with Gasteiger partial charge in [-0.3, -0.25) is 9.59 Å². The lowest BCUT2D eigenvalue weighted by Gasteiger charge is -2.35. The second kappa shape index (κ2) is 10.3. The second-order valence-electron chi connectivity index (χ2n) is 11.5. The zero-order valence-electron chi connectivity index (χ0n) is 23.7. The van der Waals surface area contributed by atoms with Crippen molar-refractivity contribution >= 4 is 40.3 Å². The molecule has 0 radical (unpaired) electrons. The van der Waals surface area contributed by atoms with Crippen molar-refractivity contribution in [2.45, 2.75) is 18.2 Å². The molecule has 4 atom stereocenters. The fourth-order valence-corrected chi connectivity index (χ4v) is 7.24. The summed E-state index contributed by atoms with van der Waals surface area (Å²) in [5, 5.41) is 1.74. The summed E-state index contributed by atoms with van der Waals surface area (Å²) >= 11 is 0. The molecule has 2 fully saturated rings. The summed E-state index contributed by atoms with van der Waals surface area (Å²) < 4.78 is 6.35. The number of nitrogens with zero attached hydrogens (tertiary/aromatic N) is 2. The molecular formula is C38H28N2O4. The highest BCUT2D eigenvalue weighted by molar-refractivity contribution is 6.26. The second-order valence-corrected chi connectivity index (χ2v) is 11.5. The lowest BCUT2D eigenvalue weighted by molar-refractivity contribution is -0.155. The molecule has 3 heterocycles. The molecule has 0 unspecified atom stereocenters. The maximum absolute atomic E-state index is 14.5. The highest BCUT2D eigenvalue weighted by Gasteiger charge is 2.65. The van der Waals surface area contributed by atoms with E-state index in [-0.39, 0.29) is 11.8 Å². The van der Waals surface area contributed by atoms with E-state index in [1.165, 1.54) is 4.90 Å². The number of amides is 2. The maximum Gasteiger partial charge on any atom is 0.330 e. The van der Waals surface area contributed by atoms with Crippen LogP contribution in [0.3, 0.4) is 0 Å². The van der Waals surface area contributed by atoms with Gasteiger partial charge >= 0.3 is 5.97 Å². The van der Waals surface area contributed by atoms with Crippen molar-refractivity contribution < 1.29 is 19.1 Å². The molecule has 0 aliphatic carbocycles. The van der Waals surface area contributed by atoms with E-state index in [4.69, 9.17) is 4.74 Å². The number of rotatable bonds is 5. The monoisotopic (exact) mass is 576 g/mol. The van der Waals surface area contributed by atoms with E-state index in [0.717, 1.165) is 33.0 Å². The minimum Gasteiger partial charge on any atom is -0.451 e. The number of carbonyl (C=O) groups excluding carboxylic acids is 3. The Morgan fingerprint density at radius 1 is 0.659 bits per heavy atom. The average molecular weight is 577 g/mol. The van der Waals surface area contributed by atoms with Crippen LogP contribution in [0, 0.1) is 11.8 Å². The fraction of sp³-hybridized carbons (Fsp3) is 0.132. The number of ether oxygens (including phenoxy) is 1. The normalized spacial score (nSPS) is 21.8. The van der Waals surface area contributed by atoms with Crippen molar-refractivity contribution in [2.24, 2.45) is 11.8 Å². The van der Waals surface area contributed by atoms with Crippen LogP contribution in [-0.2, 0) is 19.1 Å². The zero-order chi connectivity index (χ0) is 29.8. The van der Waals surface area contributed by atoms with E-state index in [2.05, 4.69) is 0 Å². The van der Waals surface area contributed by atoms with Gasteiger partial charge in [0.1, 0.15) is 6.04 Å². The molecular weight excluding hydrogens is 548 g/mol. The molecule has 6 nitrogen and oxygen atoms in total. The molecule has 0 saturated carbocycles. The standard InChI is InChI=1S/C38H28N2O4/c41-36-31-32(37(42)40(36)30-21-11-18-24-12-7-9-19-28(24)30)34(39-23-22-25-13-8-10-20-29(25)33(31)39)38(43)44-35(26-14-3-1-4-15-26)27-16-5-2-6-17-27/h1-23,31-35H/t31-,32+,33-,34-/m0/s1. The summed E-state index contributed by atoms with van der Waals surface area (Å²) in [6, 6.07) is 38.9. The number of carbonyl (C=O) groups is 3. The number of hydrogen-bond acceptors (Lipinski definition) is 5.